The fraction of sp³-hybridized carbons (Fsp3) is 0.341. The fourth-order valence-electron chi connectivity index (χ4n) is 7.43. The van der Waals surface area contributed by atoms with E-state index in [1.807, 2.05) is 31.2 Å². The number of aliphatic carboxylic acids is 1. The molecule has 3 aromatic carbocycles. The number of hydroxylamine groups is 2. The number of carboxylic acids is 1. The Morgan fingerprint density at radius 2 is 1.84 bits per heavy atom. The van der Waals surface area contributed by atoms with Crippen molar-refractivity contribution in [1.29, 1.82) is 0 Å². The molecule has 0 amide bonds. The van der Waals surface area contributed by atoms with E-state index in [9.17, 15) is 49.8 Å². The molecule has 18 nitrogen and oxygen atoms in total. The van der Waals surface area contributed by atoms with Crippen LogP contribution in [-0.4, -0.2) is 123 Å². The molecule has 3 aliphatic rings. The summed E-state index contributed by atoms with van der Waals surface area (Å²) in [6, 6.07) is 14.2. The minimum absolute atomic E-state index is 0.0196. The second-order valence-corrected chi connectivity index (χ2v) is 14.9. The number of carboxylic acid groups (broad SMARTS) is 1. The van der Waals surface area contributed by atoms with Crippen LogP contribution in [0.4, 0.5) is 0 Å². The highest BCUT2D eigenvalue weighted by molar-refractivity contribution is 5.98. The Hall–Kier alpha value is -6.25. The first kappa shape index (κ1) is 43.8. The van der Waals surface area contributed by atoms with Gasteiger partial charge in [-0.3, -0.25) is 19.9 Å². The van der Waals surface area contributed by atoms with Gasteiger partial charge in [0, 0.05) is 43.0 Å². The number of aliphatic hydroxyl groups excluding tert-OH is 4. The van der Waals surface area contributed by atoms with Gasteiger partial charge in [-0.1, -0.05) is 23.8 Å². The van der Waals surface area contributed by atoms with E-state index in [1.165, 1.54) is 41.7 Å². The number of aliphatic imine (C=N–C) groups is 1. The molecule has 4 heterocycles. The number of carbonyl (C=O) groups is 3. The molecule has 7 N–H and O–H groups in total. The SMILES string of the molecule is Cc1cc(CCCCO)cc(C2=C3N=CC=C3CN2O[C@@H]2[C@@H](Oc3ccc4c(=O)c(-c5ccc(O)cc5)coc4c3)O[C@@H]([C@@H](O)OC(=O)[C@H](NCCC=O)C(=O)O)[C@H](O)[C@H]2O)c1. The van der Waals surface area contributed by atoms with Crippen molar-refractivity contribution < 1.29 is 68.5 Å². The Morgan fingerprint density at radius 3 is 2.58 bits per heavy atom. The molecule has 7 rings (SSSR count). The predicted molar refractivity (Wildman–Crippen MR) is 219 cm³/mol. The summed E-state index contributed by atoms with van der Waals surface area (Å²) in [5.74, 6) is -3.11. The Bertz CT molecular complexity index is 2460. The Balaban J connectivity index is 1.20. The lowest BCUT2D eigenvalue weighted by Gasteiger charge is -2.44. The van der Waals surface area contributed by atoms with Crippen LogP contribution in [0.5, 0.6) is 11.5 Å². The zero-order valence-electron chi connectivity index (χ0n) is 33.3. The molecule has 1 fully saturated rings. The Kier molecular flexibility index (Phi) is 13.6. The molecule has 7 atom stereocenters. The molecule has 62 heavy (non-hydrogen) atoms. The Morgan fingerprint density at radius 1 is 1.05 bits per heavy atom. The first-order chi connectivity index (χ1) is 29.9. The number of aliphatic hydroxyl groups is 4. The number of aromatic hydroxyl groups is 1. The lowest BCUT2D eigenvalue weighted by atomic mass is 9.98. The number of unbranched alkanes of at least 4 members (excludes halogenated alkanes) is 1. The number of allylic oxidation sites excluding steroid dienone is 1. The summed E-state index contributed by atoms with van der Waals surface area (Å²) in [5.41, 5.74) is 5.06. The maximum absolute atomic E-state index is 13.5. The molecule has 0 radical (unpaired) electrons. The molecular formula is C44H45N3O15. The number of hydrogen-bond donors (Lipinski definition) is 7. The number of aldehydes is 1. The number of ether oxygens (including phenoxy) is 3. The van der Waals surface area contributed by atoms with E-state index in [4.69, 9.17) is 23.5 Å². The third kappa shape index (κ3) is 9.46. The molecule has 0 aliphatic carbocycles. The van der Waals surface area contributed by atoms with Crippen LogP contribution in [0.1, 0.15) is 36.0 Å². The molecule has 0 spiro atoms. The maximum Gasteiger partial charge on any atom is 0.337 e. The van der Waals surface area contributed by atoms with Crippen molar-refractivity contribution in [3.8, 4) is 22.6 Å². The van der Waals surface area contributed by atoms with E-state index in [1.54, 1.807) is 18.3 Å². The number of fused-ring (bicyclic) bond motifs is 2. The van der Waals surface area contributed by atoms with Crippen LogP contribution in [0.2, 0.25) is 0 Å². The minimum Gasteiger partial charge on any atom is -0.508 e. The average molecular weight is 856 g/mol. The zero-order valence-corrected chi connectivity index (χ0v) is 33.3. The van der Waals surface area contributed by atoms with Gasteiger partial charge in [0.2, 0.25) is 18.6 Å². The normalized spacial score (nSPS) is 21.7. The third-order valence-corrected chi connectivity index (χ3v) is 10.5. The van der Waals surface area contributed by atoms with Gasteiger partial charge < -0.3 is 54.1 Å². The predicted octanol–water partition coefficient (Wildman–Crippen LogP) is 2.10. The molecule has 3 aliphatic heterocycles. The molecule has 0 unspecified atom stereocenters. The highest BCUT2D eigenvalue weighted by atomic mass is 16.8. The second-order valence-electron chi connectivity index (χ2n) is 14.9. The van der Waals surface area contributed by atoms with Gasteiger partial charge in [-0.25, -0.2) is 14.7 Å². The number of phenols is 1. The van der Waals surface area contributed by atoms with E-state index < -0.39 is 55.0 Å². The number of esters is 1. The van der Waals surface area contributed by atoms with Gasteiger partial charge in [-0.15, -0.1) is 0 Å². The minimum atomic E-state index is -2.36. The van der Waals surface area contributed by atoms with Crippen molar-refractivity contribution in [1.82, 2.24) is 10.4 Å². The van der Waals surface area contributed by atoms with E-state index in [-0.39, 0.29) is 59.6 Å². The van der Waals surface area contributed by atoms with Crippen LogP contribution < -0.4 is 15.5 Å². The zero-order chi connectivity index (χ0) is 44.1. The largest absolute Gasteiger partial charge is 0.508 e. The van der Waals surface area contributed by atoms with Crippen LogP contribution in [0.25, 0.3) is 27.8 Å². The number of aryl methyl sites for hydroxylation is 2. The summed E-state index contributed by atoms with van der Waals surface area (Å²) in [4.78, 5) is 60.1. The number of nitrogens with one attached hydrogen (secondary N) is 1. The smallest absolute Gasteiger partial charge is 0.337 e. The monoisotopic (exact) mass is 855 g/mol. The molecule has 0 saturated carbocycles. The third-order valence-electron chi connectivity index (χ3n) is 10.5. The van der Waals surface area contributed by atoms with Crippen LogP contribution in [0.3, 0.4) is 0 Å². The lowest BCUT2D eigenvalue weighted by Crippen LogP contribution is -2.64. The summed E-state index contributed by atoms with van der Waals surface area (Å²) >= 11 is 0. The van der Waals surface area contributed by atoms with E-state index in [0.29, 0.717) is 36.1 Å². The van der Waals surface area contributed by atoms with E-state index in [2.05, 4.69) is 10.3 Å². The lowest BCUT2D eigenvalue weighted by molar-refractivity contribution is -0.344. The number of rotatable bonds is 18. The maximum atomic E-state index is 13.5. The number of carbonyl (C=O) groups excluding carboxylic acids is 2. The summed E-state index contributed by atoms with van der Waals surface area (Å²) in [6.07, 6.45) is -4.33. The van der Waals surface area contributed by atoms with Gasteiger partial charge in [0.25, 0.3) is 0 Å². The van der Waals surface area contributed by atoms with Crippen molar-refractivity contribution in [2.75, 3.05) is 19.7 Å². The molecule has 1 saturated heterocycles. The molecule has 326 valence electrons. The summed E-state index contributed by atoms with van der Waals surface area (Å²) in [6.45, 7) is 1.95. The second kappa shape index (κ2) is 19.2. The number of hydrogen-bond acceptors (Lipinski definition) is 17. The molecular weight excluding hydrogens is 810 g/mol. The summed E-state index contributed by atoms with van der Waals surface area (Å²) < 4.78 is 23.1. The molecule has 0 bridgehead atoms. The summed E-state index contributed by atoms with van der Waals surface area (Å²) in [5, 5.41) is 66.9. The number of nitrogens with zero attached hydrogens (tertiary/aromatic N) is 2. The average Bonchev–Trinajstić information content (AvgIpc) is 3.83. The fourth-order valence-corrected chi connectivity index (χ4v) is 7.43. The van der Waals surface area contributed by atoms with Crippen molar-refractivity contribution in [3.05, 3.63) is 111 Å². The first-order valence-corrected chi connectivity index (χ1v) is 19.8. The van der Waals surface area contributed by atoms with Crippen molar-refractivity contribution in [2.45, 2.75) is 75.6 Å². The Labute approximate surface area is 353 Å². The van der Waals surface area contributed by atoms with Gasteiger partial charge in [-0.2, -0.15) is 0 Å². The van der Waals surface area contributed by atoms with Gasteiger partial charge >= 0.3 is 11.9 Å². The number of benzene rings is 3. The highest BCUT2D eigenvalue weighted by Crippen LogP contribution is 2.40. The highest BCUT2D eigenvalue weighted by Gasteiger charge is 2.52. The van der Waals surface area contributed by atoms with Crippen LogP contribution >= 0.6 is 0 Å². The number of phenolic OH excluding ortho intramolecular Hbond substituents is 1. The van der Waals surface area contributed by atoms with Gasteiger partial charge in [-0.05, 0) is 79.8 Å². The first-order valence-electron chi connectivity index (χ1n) is 19.8. The molecule has 18 heteroatoms. The van der Waals surface area contributed by atoms with Crippen molar-refractivity contribution in [3.63, 3.8) is 0 Å². The van der Waals surface area contributed by atoms with Crippen molar-refractivity contribution in [2.24, 2.45) is 4.99 Å². The topological polar surface area (TPSA) is 267 Å². The van der Waals surface area contributed by atoms with Gasteiger partial charge in [0.1, 0.15) is 41.8 Å². The van der Waals surface area contributed by atoms with E-state index >= 15 is 0 Å². The van der Waals surface area contributed by atoms with Crippen LogP contribution in [0, 0.1) is 6.92 Å². The van der Waals surface area contributed by atoms with Crippen LogP contribution in [-0.2, 0) is 35.1 Å². The van der Waals surface area contributed by atoms with Gasteiger partial charge in [0.15, 0.2) is 17.6 Å². The molecule has 1 aromatic heterocycles. The van der Waals surface area contributed by atoms with Crippen LogP contribution in [0.15, 0.2) is 98.5 Å². The van der Waals surface area contributed by atoms with Crippen molar-refractivity contribution >= 4 is 41.1 Å². The van der Waals surface area contributed by atoms with E-state index in [0.717, 1.165) is 28.7 Å². The standard InChI is InChI=1S/C44H45N3O15/c1-23-17-24(5-2-3-15-48)19-27(18-23)35-33-26(12-14-46-33)21-47(35)62-40-38(53)37(52)39(43(57)61-42(56)34(41(54)55)45-13-4-16-49)60-44(40)59-29-10-11-30-32(20-29)58-22-31(36(30)51)25-6-8-28(50)9-7-25/h6-12,14,16-20,22,34,37-40,43-45,48,50,52-53,57H,2-5,13,15,21H2,1H3,(H,54,55)/t34-,37-,38-,39-,40+,43+,44+/m1/s1. The van der Waals surface area contributed by atoms with Gasteiger partial charge in [0.05, 0.1) is 28.9 Å². The quantitative estimate of drug-likeness (QED) is 0.0248. The molecule has 4 aromatic rings. The summed E-state index contributed by atoms with van der Waals surface area (Å²) in [7, 11) is 0.